The number of carbonyl (C=O) groups is 2. The van der Waals surface area contributed by atoms with Crippen LogP contribution in [-0.4, -0.2) is 16.7 Å². The van der Waals surface area contributed by atoms with Crippen molar-refractivity contribution in [3.05, 3.63) is 77.1 Å². The lowest BCUT2D eigenvalue weighted by Gasteiger charge is -2.11. The van der Waals surface area contributed by atoms with Gasteiger partial charge >= 0.3 is 0 Å². The second-order valence-corrected chi connectivity index (χ2v) is 6.62. The van der Waals surface area contributed by atoms with E-state index in [-0.39, 0.29) is 11.7 Å². The fourth-order valence-electron chi connectivity index (χ4n) is 3.65. The zero-order chi connectivity index (χ0) is 18.1. The molecule has 0 saturated carbocycles. The summed E-state index contributed by atoms with van der Waals surface area (Å²) >= 11 is 0. The highest BCUT2D eigenvalue weighted by molar-refractivity contribution is 6.09. The average Bonchev–Trinajstić information content (AvgIpc) is 3.01. The number of benzene rings is 2. The van der Waals surface area contributed by atoms with E-state index in [1.54, 1.807) is 0 Å². The Hall–Kier alpha value is -3.14. The largest absolute Gasteiger partial charge is 0.354 e. The minimum atomic E-state index is -0.215. The molecule has 0 aliphatic heterocycles. The van der Waals surface area contributed by atoms with Gasteiger partial charge in [-0.1, -0.05) is 48.5 Å². The summed E-state index contributed by atoms with van der Waals surface area (Å²) in [5.74, 6) is -0.0863. The molecule has 0 bridgehead atoms. The number of rotatable bonds is 3. The van der Waals surface area contributed by atoms with Crippen LogP contribution in [0.25, 0.3) is 11.1 Å². The van der Waals surface area contributed by atoms with Crippen molar-refractivity contribution in [2.45, 2.75) is 26.2 Å². The first-order valence-corrected chi connectivity index (χ1v) is 8.85. The van der Waals surface area contributed by atoms with Crippen LogP contribution in [0.3, 0.4) is 0 Å². The van der Waals surface area contributed by atoms with E-state index in [1.165, 1.54) is 0 Å². The lowest BCUT2D eigenvalue weighted by molar-refractivity contribution is 0.0971. The summed E-state index contributed by atoms with van der Waals surface area (Å²) in [6.07, 6.45) is 2.21. The van der Waals surface area contributed by atoms with Crippen LogP contribution < -0.4 is 5.32 Å². The number of aromatic amines is 1. The van der Waals surface area contributed by atoms with E-state index in [4.69, 9.17) is 0 Å². The van der Waals surface area contributed by atoms with E-state index in [1.807, 2.05) is 61.5 Å². The summed E-state index contributed by atoms with van der Waals surface area (Å²) in [7, 11) is 0. The predicted octanol–water partition coefficient (Wildman–Crippen LogP) is 4.76. The van der Waals surface area contributed by atoms with Gasteiger partial charge in [-0.15, -0.1) is 0 Å². The van der Waals surface area contributed by atoms with Crippen LogP contribution in [0.15, 0.2) is 54.6 Å². The summed E-state index contributed by atoms with van der Waals surface area (Å²) in [4.78, 5) is 28.3. The van der Waals surface area contributed by atoms with Crippen LogP contribution >= 0.6 is 0 Å². The number of anilines is 1. The maximum Gasteiger partial charge on any atom is 0.272 e. The van der Waals surface area contributed by atoms with Crippen molar-refractivity contribution in [2.75, 3.05) is 5.32 Å². The van der Waals surface area contributed by atoms with E-state index in [9.17, 15) is 9.59 Å². The Labute approximate surface area is 152 Å². The Morgan fingerprint density at radius 2 is 1.73 bits per heavy atom. The molecule has 0 unspecified atom stereocenters. The third-order valence-electron chi connectivity index (χ3n) is 4.92. The highest BCUT2D eigenvalue weighted by atomic mass is 16.2. The number of amides is 1. The van der Waals surface area contributed by atoms with Crippen LogP contribution in [0.5, 0.6) is 0 Å². The van der Waals surface area contributed by atoms with Crippen molar-refractivity contribution in [1.82, 2.24) is 4.98 Å². The van der Waals surface area contributed by atoms with Gasteiger partial charge in [-0.05, 0) is 37.0 Å². The molecule has 26 heavy (non-hydrogen) atoms. The molecule has 4 nitrogen and oxygen atoms in total. The van der Waals surface area contributed by atoms with Gasteiger partial charge in [0.2, 0.25) is 0 Å². The van der Waals surface area contributed by atoms with Crippen molar-refractivity contribution in [3.8, 4) is 11.1 Å². The molecule has 0 spiro atoms. The second-order valence-electron chi connectivity index (χ2n) is 6.62. The minimum Gasteiger partial charge on any atom is -0.354 e. The van der Waals surface area contributed by atoms with Crippen molar-refractivity contribution in [3.63, 3.8) is 0 Å². The SMILES string of the molecule is Cc1c(C(=O)Nc2ccccc2-c2ccccc2)[nH]c2c1C(=O)CCC2. The molecule has 0 atom stereocenters. The number of aryl methyl sites for hydroxylation is 1. The minimum absolute atomic E-state index is 0.128. The number of Topliss-reactive ketones (excluding diaryl/α,β-unsaturated/α-hetero) is 1. The van der Waals surface area contributed by atoms with Gasteiger partial charge in [0.1, 0.15) is 5.69 Å². The average molecular weight is 344 g/mol. The number of carbonyl (C=O) groups excluding carboxylic acids is 2. The first-order valence-electron chi connectivity index (χ1n) is 8.85. The van der Waals surface area contributed by atoms with E-state index in [2.05, 4.69) is 10.3 Å². The van der Waals surface area contributed by atoms with Gasteiger partial charge in [-0.25, -0.2) is 0 Å². The van der Waals surface area contributed by atoms with Crippen LogP contribution in [0, 0.1) is 6.92 Å². The molecule has 1 aliphatic carbocycles. The predicted molar refractivity (Wildman–Crippen MR) is 103 cm³/mol. The van der Waals surface area contributed by atoms with Crippen molar-refractivity contribution < 1.29 is 9.59 Å². The molecule has 1 heterocycles. The van der Waals surface area contributed by atoms with Gasteiger partial charge in [0, 0.05) is 28.9 Å². The van der Waals surface area contributed by atoms with Crippen LogP contribution in [0.2, 0.25) is 0 Å². The molecule has 1 aliphatic rings. The summed E-state index contributed by atoms with van der Waals surface area (Å²) in [6.45, 7) is 1.84. The summed E-state index contributed by atoms with van der Waals surface area (Å²) in [5.41, 5.74) is 5.58. The van der Waals surface area contributed by atoms with Gasteiger partial charge in [0.15, 0.2) is 5.78 Å². The molecule has 0 radical (unpaired) electrons. The van der Waals surface area contributed by atoms with Gasteiger partial charge in [0.05, 0.1) is 0 Å². The molecule has 1 amide bonds. The number of hydrogen-bond donors (Lipinski definition) is 2. The molecule has 3 aromatic rings. The van der Waals surface area contributed by atoms with Gasteiger partial charge in [-0.2, -0.15) is 0 Å². The van der Waals surface area contributed by atoms with Gasteiger partial charge < -0.3 is 10.3 Å². The molecule has 2 aromatic carbocycles. The van der Waals surface area contributed by atoms with Gasteiger partial charge in [0.25, 0.3) is 5.91 Å². The fraction of sp³-hybridized carbons (Fsp3) is 0.182. The van der Waals surface area contributed by atoms with Crippen LogP contribution in [-0.2, 0) is 6.42 Å². The van der Waals surface area contributed by atoms with Gasteiger partial charge in [-0.3, -0.25) is 9.59 Å². The molecular formula is C22H20N2O2. The number of fused-ring (bicyclic) bond motifs is 1. The van der Waals surface area contributed by atoms with E-state index in [0.717, 1.165) is 40.9 Å². The first kappa shape index (κ1) is 16.3. The Morgan fingerprint density at radius 1 is 1.00 bits per heavy atom. The number of aromatic nitrogens is 1. The maximum absolute atomic E-state index is 12.9. The van der Waals surface area contributed by atoms with Crippen LogP contribution in [0.4, 0.5) is 5.69 Å². The summed E-state index contributed by atoms with van der Waals surface area (Å²) in [5, 5.41) is 3.01. The van der Waals surface area contributed by atoms with E-state index >= 15 is 0 Å². The Balaban J connectivity index is 1.68. The molecule has 4 heteroatoms. The summed E-state index contributed by atoms with van der Waals surface area (Å²) in [6, 6.07) is 17.7. The second kappa shape index (κ2) is 6.64. The zero-order valence-electron chi connectivity index (χ0n) is 14.6. The zero-order valence-corrected chi connectivity index (χ0v) is 14.6. The summed E-state index contributed by atoms with van der Waals surface area (Å²) < 4.78 is 0. The highest BCUT2D eigenvalue weighted by Crippen LogP contribution is 2.30. The monoisotopic (exact) mass is 344 g/mol. The Morgan fingerprint density at radius 3 is 2.50 bits per heavy atom. The van der Waals surface area contributed by atoms with E-state index < -0.39 is 0 Å². The molecule has 0 saturated heterocycles. The quantitative estimate of drug-likeness (QED) is 0.719. The fourth-order valence-corrected chi connectivity index (χ4v) is 3.65. The lowest BCUT2D eigenvalue weighted by Crippen LogP contribution is -2.14. The molecule has 1 aromatic heterocycles. The molecule has 130 valence electrons. The molecule has 0 fully saturated rings. The number of para-hydroxylation sites is 1. The number of ketones is 1. The van der Waals surface area contributed by atoms with Crippen LogP contribution in [0.1, 0.15) is 44.9 Å². The topological polar surface area (TPSA) is 62.0 Å². The lowest BCUT2D eigenvalue weighted by atomic mass is 9.94. The standard InChI is InChI=1S/C22H20N2O2/c1-14-20-18(12-7-13-19(20)25)23-21(14)22(26)24-17-11-6-5-10-16(17)15-8-3-2-4-9-15/h2-6,8-11,23H,7,12-13H2,1H3,(H,24,26). The number of nitrogens with one attached hydrogen (secondary N) is 2. The smallest absolute Gasteiger partial charge is 0.272 e. The third kappa shape index (κ3) is 2.84. The highest BCUT2D eigenvalue weighted by Gasteiger charge is 2.26. The maximum atomic E-state index is 12.9. The normalized spacial score (nSPS) is 13.3. The third-order valence-corrected chi connectivity index (χ3v) is 4.92. The number of hydrogen-bond acceptors (Lipinski definition) is 2. The first-order chi connectivity index (χ1) is 12.6. The van der Waals surface area contributed by atoms with Crippen molar-refractivity contribution in [2.24, 2.45) is 0 Å². The van der Waals surface area contributed by atoms with E-state index in [0.29, 0.717) is 17.7 Å². The van der Waals surface area contributed by atoms with Crippen molar-refractivity contribution >= 4 is 17.4 Å². The molecule has 2 N–H and O–H groups in total. The molecular weight excluding hydrogens is 324 g/mol. The van der Waals surface area contributed by atoms with Crippen molar-refractivity contribution in [1.29, 1.82) is 0 Å². The Bertz CT molecular complexity index is 987. The number of H-pyrrole nitrogens is 1. The molecule has 4 rings (SSSR count). The Kier molecular flexibility index (Phi) is 4.17.